The van der Waals surface area contributed by atoms with Crippen LogP contribution in [-0.4, -0.2) is 55.6 Å². The lowest BCUT2D eigenvalue weighted by Crippen LogP contribution is -2.43. The van der Waals surface area contributed by atoms with Crippen molar-refractivity contribution in [3.8, 4) is 0 Å². The highest BCUT2D eigenvalue weighted by molar-refractivity contribution is 5.77. The number of carbonyl (C=O) groups is 2. The molecule has 0 bridgehead atoms. The molecule has 132 valence electrons. The molecule has 0 radical (unpaired) electrons. The van der Waals surface area contributed by atoms with Gasteiger partial charge in [-0.15, -0.1) is 0 Å². The highest BCUT2D eigenvalue weighted by atomic mass is 16.2. The molecule has 2 aliphatic rings. The molecule has 0 aromatic rings. The van der Waals surface area contributed by atoms with Crippen LogP contribution in [0.4, 0.5) is 4.79 Å². The maximum atomic E-state index is 12.3. The maximum absolute atomic E-state index is 12.3. The first-order chi connectivity index (χ1) is 11.2. The molecule has 23 heavy (non-hydrogen) atoms. The van der Waals surface area contributed by atoms with Crippen molar-refractivity contribution in [2.24, 2.45) is 0 Å². The number of likely N-dealkylation sites (tertiary alicyclic amines) is 1. The number of amides is 3. The number of nitrogens with zero attached hydrogens (tertiary/aromatic N) is 1. The Morgan fingerprint density at radius 1 is 1.09 bits per heavy atom. The predicted molar refractivity (Wildman–Crippen MR) is 91.3 cm³/mol. The summed E-state index contributed by atoms with van der Waals surface area (Å²) in [7, 11) is 1.93. The summed E-state index contributed by atoms with van der Waals surface area (Å²) in [5, 5.41) is 9.07. The van der Waals surface area contributed by atoms with Crippen molar-refractivity contribution >= 4 is 11.9 Å². The molecule has 0 spiro atoms. The Morgan fingerprint density at radius 3 is 2.61 bits per heavy atom. The summed E-state index contributed by atoms with van der Waals surface area (Å²) in [4.78, 5) is 26.1. The lowest BCUT2D eigenvalue weighted by Gasteiger charge is -2.25. The van der Waals surface area contributed by atoms with Crippen LogP contribution >= 0.6 is 0 Å². The molecular weight excluding hydrogens is 292 g/mol. The Hall–Kier alpha value is -1.30. The average molecular weight is 324 g/mol. The highest BCUT2D eigenvalue weighted by Crippen LogP contribution is 2.18. The maximum Gasteiger partial charge on any atom is 0.315 e. The van der Waals surface area contributed by atoms with E-state index in [0.717, 1.165) is 38.8 Å². The molecule has 1 saturated carbocycles. The van der Waals surface area contributed by atoms with Crippen LogP contribution < -0.4 is 16.0 Å². The van der Waals surface area contributed by atoms with Crippen LogP contribution in [0.15, 0.2) is 0 Å². The van der Waals surface area contributed by atoms with Gasteiger partial charge in [-0.1, -0.05) is 19.3 Å². The van der Waals surface area contributed by atoms with Gasteiger partial charge in [-0.2, -0.15) is 0 Å². The molecule has 1 aliphatic heterocycles. The molecule has 1 atom stereocenters. The van der Waals surface area contributed by atoms with Crippen LogP contribution in [0.2, 0.25) is 0 Å². The van der Waals surface area contributed by atoms with Gasteiger partial charge in [0.1, 0.15) is 0 Å². The fourth-order valence-corrected chi connectivity index (χ4v) is 3.68. The molecule has 6 heteroatoms. The van der Waals surface area contributed by atoms with E-state index in [4.69, 9.17) is 0 Å². The summed E-state index contributed by atoms with van der Waals surface area (Å²) in [6.07, 6.45) is 9.30. The summed E-state index contributed by atoms with van der Waals surface area (Å²) in [5.41, 5.74) is 0. The summed E-state index contributed by atoms with van der Waals surface area (Å²) < 4.78 is 0. The quantitative estimate of drug-likeness (QED) is 0.623. The number of urea groups is 1. The Kier molecular flexibility index (Phi) is 7.65. The van der Waals surface area contributed by atoms with E-state index in [1.807, 2.05) is 11.9 Å². The third kappa shape index (κ3) is 6.01. The molecule has 6 nitrogen and oxygen atoms in total. The van der Waals surface area contributed by atoms with Gasteiger partial charge < -0.3 is 20.9 Å². The van der Waals surface area contributed by atoms with Crippen molar-refractivity contribution in [2.75, 3.05) is 26.7 Å². The smallest absolute Gasteiger partial charge is 0.315 e. The minimum atomic E-state index is -0.0846. The average Bonchev–Trinajstić information content (AvgIpc) is 3.01. The summed E-state index contributed by atoms with van der Waals surface area (Å²) in [5.74, 6) is 0.220. The van der Waals surface area contributed by atoms with Gasteiger partial charge >= 0.3 is 6.03 Å². The highest BCUT2D eigenvalue weighted by Gasteiger charge is 2.27. The molecule has 1 heterocycles. The molecule has 1 aliphatic carbocycles. The Balaban J connectivity index is 1.57. The number of nitrogens with one attached hydrogen (secondary N) is 3. The first kappa shape index (κ1) is 18.0. The summed E-state index contributed by atoms with van der Waals surface area (Å²) >= 11 is 0. The second-order valence-corrected chi connectivity index (χ2v) is 6.78. The molecular formula is C17H32N4O2. The van der Waals surface area contributed by atoms with Crippen LogP contribution in [0.3, 0.4) is 0 Å². The van der Waals surface area contributed by atoms with Crippen molar-refractivity contribution in [2.45, 2.75) is 69.9 Å². The van der Waals surface area contributed by atoms with Crippen molar-refractivity contribution in [1.29, 1.82) is 0 Å². The van der Waals surface area contributed by atoms with Gasteiger partial charge in [0.15, 0.2) is 0 Å². The van der Waals surface area contributed by atoms with E-state index in [-0.39, 0.29) is 11.9 Å². The van der Waals surface area contributed by atoms with Crippen LogP contribution in [0, 0.1) is 0 Å². The standard InChI is InChI=1S/C17H32N4O2/c1-18-13-15-9-6-12-21(15)16(22)10-5-11-19-17(23)20-14-7-3-2-4-8-14/h14-15,18H,2-13H2,1H3,(H2,19,20,23). The number of hydrogen-bond donors (Lipinski definition) is 3. The minimum Gasteiger partial charge on any atom is -0.338 e. The zero-order chi connectivity index (χ0) is 16.5. The van der Waals surface area contributed by atoms with E-state index >= 15 is 0 Å². The molecule has 1 unspecified atom stereocenters. The van der Waals surface area contributed by atoms with Gasteiger partial charge in [-0.25, -0.2) is 4.79 Å². The Bertz CT molecular complexity index is 383. The van der Waals surface area contributed by atoms with Gasteiger partial charge in [-0.3, -0.25) is 4.79 Å². The van der Waals surface area contributed by atoms with Crippen LogP contribution in [0.5, 0.6) is 0 Å². The fourth-order valence-electron chi connectivity index (χ4n) is 3.68. The van der Waals surface area contributed by atoms with Crippen molar-refractivity contribution in [3.63, 3.8) is 0 Å². The lowest BCUT2D eigenvalue weighted by molar-refractivity contribution is -0.132. The first-order valence-corrected chi connectivity index (χ1v) is 9.19. The number of rotatable bonds is 7. The monoisotopic (exact) mass is 324 g/mol. The van der Waals surface area contributed by atoms with E-state index in [9.17, 15) is 9.59 Å². The van der Waals surface area contributed by atoms with E-state index in [0.29, 0.717) is 31.5 Å². The van der Waals surface area contributed by atoms with Crippen molar-refractivity contribution in [3.05, 3.63) is 0 Å². The molecule has 2 rings (SSSR count). The Morgan fingerprint density at radius 2 is 1.87 bits per heavy atom. The van der Waals surface area contributed by atoms with Gasteiger partial charge in [0.2, 0.25) is 5.91 Å². The van der Waals surface area contributed by atoms with Gasteiger partial charge in [-0.05, 0) is 39.2 Å². The largest absolute Gasteiger partial charge is 0.338 e. The second-order valence-electron chi connectivity index (χ2n) is 6.78. The van der Waals surface area contributed by atoms with Gasteiger partial charge in [0, 0.05) is 38.1 Å². The van der Waals surface area contributed by atoms with Gasteiger partial charge in [0.05, 0.1) is 0 Å². The van der Waals surface area contributed by atoms with Crippen molar-refractivity contribution < 1.29 is 9.59 Å². The van der Waals surface area contributed by atoms with Crippen molar-refractivity contribution in [1.82, 2.24) is 20.9 Å². The van der Waals surface area contributed by atoms with Crippen LogP contribution in [-0.2, 0) is 4.79 Å². The third-order valence-corrected chi connectivity index (χ3v) is 4.93. The summed E-state index contributed by atoms with van der Waals surface area (Å²) in [6, 6.07) is 0.589. The van der Waals surface area contributed by atoms with Gasteiger partial charge in [0.25, 0.3) is 0 Å². The lowest BCUT2D eigenvalue weighted by atomic mass is 9.96. The number of hydrogen-bond acceptors (Lipinski definition) is 3. The van der Waals surface area contributed by atoms with E-state index in [1.54, 1.807) is 0 Å². The summed E-state index contributed by atoms with van der Waals surface area (Å²) in [6.45, 7) is 2.31. The third-order valence-electron chi connectivity index (χ3n) is 4.93. The topological polar surface area (TPSA) is 73.5 Å². The molecule has 3 amide bonds. The SMILES string of the molecule is CNCC1CCCN1C(=O)CCCNC(=O)NC1CCCCC1. The predicted octanol–water partition coefficient (Wildman–Crippen LogP) is 1.61. The molecule has 2 fully saturated rings. The first-order valence-electron chi connectivity index (χ1n) is 9.19. The van der Waals surface area contributed by atoms with E-state index in [1.165, 1.54) is 19.3 Å². The second kappa shape index (κ2) is 9.75. The normalized spacial score (nSPS) is 22.1. The zero-order valence-electron chi connectivity index (χ0n) is 14.4. The Labute approximate surface area is 139 Å². The minimum absolute atomic E-state index is 0.0846. The molecule has 0 aromatic carbocycles. The molecule has 0 aromatic heterocycles. The molecule has 1 saturated heterocycles. The fraction of sp³-hybridized carbons (Fsp3) is 0.882. The van der Waals surface area contributed by atoms with E-state index in [2.05, 4.69) is 16.0 Å². The van der Waals surface area contributed by atoms with Crippen LogP contribution in [0.25, 0.3) is 0 Å². The number of likely N-dealkylation sites (N-methyl/N-ethyl adjacent to an activating group) is 1. The zero-order valence-corrected chi connectivity index (χ0v) is 14.4. The van der Waals surface area contributed by atoms with Crippen LogP contribution in [0.1, 0.15) is 57.8 Å². The molecule has 3 N–H and O–H groups in total. The number of carbonyl (C=O) groups excluding carboxylic acids is 2. The van der Waals surface area contributed by atoms with E-state index < -0.39 is 0 Å².